The van der Waals surface area contributed by atoms with E-state index in [1.54, 1.807) is 51.1 Å². The van der Waals surface area contributed by atoms with E-state index < -0.39 is 62.1 Å². The van der Waals surface area contributed by atoms with Gasteiger partial charge < -0.3 is 14.2 Å². The number of nitrogens with zero attached hydrogens (tertiary/aromatic N) is 7. The summed E-state index contributed by atoms with van der Waals surface area (Å²) in [7, 11) is -6.97. The molecule has 0 aliphatic carbocycles. The first-order chi connectivity index (χ1) is 24.1. The highest BCUT2D eigenvalue weighted by Gasteiger charge is 2.50. The molecule has 21 heteroatoms. The number of aromatic nitrogens is 4. The van der Waals surface area contributed by atoms with Crippen molar-refractivity contribution in [1.29, 1.82) is 0 Å². The highest BCUT2D eigenvalue weighted by Crippen LogP contribution is 2.35. The van der Waals surface area contributed by atoms with Crippen LogP contribution >= 0.6 is 0 Å². The zero-order valence-corrected chi connectivity index (χ0v) is 31.8. The summed E-state index contributed by atoms with van der Waals surface area (Å²) in [5, 5.41) is 8.19. The minimum atomic E-state index is -5.05. The Morgan fingerprint density at radius 2 is 1.29 bits per heavy atom. The molecule has 2 N–H and O–H groups in total. The van der Waals surface area contributed by atoms with Gasteiger partial charge in [0, 0.05) is 33.0 Å². The molecule has 3 amide bonds. The van der Waals surface area contributed by atoms with Gasteiger partial charge in [-0.3, -0.25) is 14.3 Å². The smallest absolute Gasteiger partial charge is 0.422 e. The predicted octanol–water partition coefficient (Wildman–Crippen LogP) is 3.13. The third-order valence-corrected chi connectivity index (χ3v) is 9.97. The van der Waals surface area contributed by atoms with Gasteiger partial charge in [-0.05, 0) is 59.9 Å². The molecular weight excluding hydrogens is 723 g/mol. The lowest BCUT2D eigenvalue weighted by atomic mass is 10.0. The number of likely N-dealkylation sites (tertiary alicyclic amines) is 1. The largest absolute Gasteiger partial charge is 0.444 e. The van der Waals surface area contributed by atoms with Crippen molar-refractivity contribution in [2.75, 3.05) is 15.2 Å². The van der Waals surface area contributed by atoms with E-state index in [-0.39, 0.29) is 37.4 Å². The average molecular weight is 768 g/mol. The van der Waals surface area contributed by atoms with Crippen molar-refractivity contribution in [2.24, 2.45) is 14.1 Å². The van der Waals surface area contributed by atoms with Crippen LogP contribution in [0.4, 0.5) is 25.8 Å². The molecule has 286 valence electrons. The van der Waals surface area contributed by atoms with Crippen LogP contribution in [0, 0.1) is 0 Å². The molecule has 1 aromatic carbocycles. The number of hydrogen-bond acceptors (Lipinski definition) is 12. The maximum absolute atomic E-state index is 14.4. The first kappa shape index (κ1) is 39.7. The number of anilines is 2. The Morgan fingerprint density at radius 1 is 0.808 bits per heavy atom. The number of carbonyl (C=O) groups is 3. The number of benzene rings is 1. The molecule has 2 unspecified atom stereocenters. The fourth-order valence-corrected chi connectivity index (χ4v) is 7.93. The molecular formula is C31H45N9O10S2. The number of ether oxygens (including phenoxy) is 3. The van der Waals surface area contributed by atoms with Gasteiger partial charge in [0.2, 0.25) is 0 Å². The van der Waals surface area contributed by atoms with Crippen LogP contribution in [0.5, 0.6) is 0 Å². The predicted molar refractivity (Wildman–Crippen MR) is 188 cm³/mol. The Bertz CT molecular complexity index is 1950. The maximum atomic E-state index is 14.4. The van der Waals surface area contributed by atoms with Crippen LogP contribution < -0.4 is 18.1 Å². The van der Waals surface area contributed by atoms with Crippen LogP contribution in [0.3, 0.4) is 0 Å². The third-order valence-electron chi connectivity index (χ3n) is 7.18. The lowest BCUT2D eigenvalue weighted by molar-refractivity contribution is 0.0551. The van der Waals surface area contributed by atoms with Crippen LogP contribution in [-0.4, -0.2) is 89.5 Å². The molecule has 0 saturated carbocycles. The lowest BCUT2D eigenvalue weighted by Crippen LogP contribution is -2.68. The Balaban J connectivity index is 1.92. The average Bonchev–Trinajstić information content (AvgIpc) is 3.61. The zero-order valence-electron chi connectivity index (χ0n) is 30.2. The number of carbonyl (C=O) groups excluding carboxylic acids is 3. The second-order valence-corrected chi connectivity index (χ2v) is 17.0. The Kier molecular flexibility index (Phi) is 11.7. The molecule has 3 aromatic rings. The molecule has 0 bridgehead atoms. The highest BCUT2D eigenvalue weighted by atomic mass is 32.2. The van der Waals surface area contributed by atoms with E-state index in [4.69, 9.17) is 14.2 Å². The van der Waals surface area contributed by atoms with Crippen LogP contribution in [0.2, 0.25) is 0 Å². The zero-order chi connectivity index (χ0) is 38.6. The minimum absolute atomic E-state index is 0.0595. The summed E-state index contributed by atoms with van der Waals surface area (Å²) in [5.41, 5.74) is -1.79. The minimum Gasteiger partial charge on any atom is -0.444 e. The summed E-state index contributed by atoms with van der Waals surface area (Å²) in [6, 6.07) is 7.23. The molecule has 3 heterocycles. The van der Waals surface area contributed by atoms with Crippen molar-refractivity contribution in [1.82, 2.24) is 33.9 Å². The lowest BCUT2D eigenvalue weighted by Gasteiger charge is -2.48. The quantitative estimate of drug-likeness (QED) is 0.285. The first-order valence-electron chi connectivity index (χ1n) is 16.1. The molecule has 1 aliphatic rings. The normalized spacial score (nSPS) is 16.8. The van der Waals surface area contributed by atoms with Crippen molar-refractivity contribution < 1.29 is 45.4 Å². The molecule has 4 rings (SSSR count). The Hall–Kier alpha value is -5.05. The van der Waals surface area contributed by atoms with Crippen LogP contribution in [-0.2, 0) is 55.3 Å². The maximum Gasteiger partial charge on any atom is 0.422 e. The van der Waals surface area contributed by atoms with Crippen LogP contribution in [0.15, 0.2) is 55.1 Å². The molecule has 1 fully saturated rings. The van der Waals surface area contributed by atoms with Crippen molar-refractivity contribution in [3.63, 3.8) is 0 Å². The van der Waals surface area contributed by atoms with Gasteiger partial charge in [0.15, 0.2) is 0 Å². The summed E-state index contributed by atoms with van der Waals surface area (Å²) >= 11 is 0. The SMILES string of the molecule is Cn1cc(N(C2CCCN(C(=O)OCc3ccccc3)C2N(c2cnn(C)c2)S(=O)(=O)NC(=O)OC(C)(C)C)S(=O)(=O)NC(=O)OC(C)(C)C)cn1. The van der Waals surface area contributed by atoms with Gasteiger partial charge in [-0.1, -0.05) is 30.3 Å². The van der Waals surface area contributed by atoms with Crippen molar-refractivity contribution in [3.8, 4) is 0 Å². The van der Waals surface area contributed by atoms with Crippen molar-refractivity contribution >= 4 is 50.1 Å². The number of amides is 3. The second-order valence-electron chi connectivity index (χ2n) is 13.9. The molecule has 2 atom stereocenters. The molecule has 19 nitrogen and oxygen atoms in total. The van der Waals surface area contributed by atoms with Crippen molar-refractivity contribution in [2.45, 2.75) is 84.4 Å². The van der Waals surface area contributed by atoms with E-state index in [9.17, 15) is 31.2 Å². The fourth-order valence-electron chi connectivity index (χ4n) is 5.38. The summed E-state index contributed by atoms with van der Waals surface area (Å²) in [6.07, 6.45) is -0.326. The van der Waals surface area contributed by atoms with Crippen molar-refractivity contribution in [3.05, 3.63) is 60.7 Å². The van der Waals surface area contributed by atoms with Gasteiger partial charge in [0.25, 0.3) is 0 Å². The van der Waals surface area contributed by atoms with E-state index in [1.807, 2.05) is 9.44 Å². The van der Waals surface area contributed by atoms with Crippen LogP contribution in [0.25, 0.3) is 0 Å². The first-order valence-corrected chi connectivity index (χ1v) is 19.0. The molecule has 1 aliphatic heterocycles. The van der Waals surface area contributed by atoms with Gasteiger partial charge in [-0.2, -0.15) is 27.0 Å². The highest BCUT2D eigenvalue weighted by molar-refractivity contribution is 7.91. The Morgan fingerprint density at radius 3 is 1.75 bits per heavy atom. The molecule has 0 spiro atoms. The summed E-state index contributed by atoms with van der Waals surface area (Å²) in [5.74, 6) is 0. The standard InChI is InChI=1S/C31H45N9O10S2/c1-30(2,3)49-27(41)34-51(44,45)39(23-17-32-36(7)19-23)25-15-12-16-38(29(43)48-21-22-13-10-9-11-14-22)26(25)40(24-18-33-37(8)20-24)52(46,47)35-28(42)50-31(4,5)6/h9-11,13-14,17-20,25-26H,12,15-16,21H2,1-8H3,(H,34,41)(H,35,42). The van der Waals surface area contributed by atoms with E-state index in [2.05, 4.69) is 10.2 Å². The van der Waals surface area contributed by atoms with Gasteiger partial charge in [-0.15, -0.1) is 0 Å². The Labute approximate surface area is 303 Å². The number of nitrogens with one attached hydrogen (secondary N) is 2. The second kappa shape index (κ2) is 15.3. The number of piperidine rings is 1. The number of aryl methyl sites for hydroxylation is 2. The summed E-state index contributed by atoms with van der Waals surface area (Å²) in [4.78, 5) is 40.9. The monoisotopic (exact) mass is 767 g/mol. The topological polar surface area (TPSA) is 217 Å². The number of hydrogen-bond donors (Lipinski definition) is 2. The molecule has 2 aromatic heterocycles. The van der Waals surface area contributed by atoms with E-state index in [0.717, 1.165) is 15.4 Å². The van der Waals surface area contributed by atoms with Crippen LogP contribution in [0.1, 0.15) is 59.9 Å². The molecule has 52 heavy (non-hydrogen) atoms. The van der Waals surface area contributed by atoms with Gasteiger partial charge >= 0.3 is 38.7 Å². The van der Waals surface area contributed by atoms with Gasteiger partial charge in [0.1, 0.15) is 24.0 Å². The van der Waals surface area contributed by atoms with E-state index >= 15 is 0 Å². The molecule has 0 radical (unpaired) electrons. The third kappa shape index (κ3) is 10.3. The fraction of sp³-hybridized carbons (Fsp3) is 0.516. The molecule has 1 saturated heterocycles. The van der Waals surface area contributed by atoms with Gasteiger partial charge in [-0.25, -0.2) is 32.4 Å². The number of rotatable bonds is 10. The van der Waals surface area contributed by atoms with E-state index in [1.165, 1.54) is 62.8 Å². The summed E-state index contributed by atoms with van der Waals surface area (Å²) in [6.45, 7) is 8.94. The van der Waals surface area contributed by atoms with E-state index in [0.29, 0.717) is 9.87 Å². The summed E-state index contributed by atoms with van der Waals surface area (Å²) < 4.78 is 81.3. The van der Waals surface area contributed by atoms with Gasteiger partial charge in [0.05, 0.1) is 29.8 Å².